The molecule has 0 aromatic heterocycles. The van der Waals surface area contributed by atoms with Crippen molar-refractivity contribution in [3.05, 3.63) is 23.9 Å². The normalized spacial score (nSPS) is 13.9. The zero-order valence-corrected chi connectivity index (χ0v) is 18.2. The van der Waals surface area contributed by atoms with Gasteiger partial charge in [-0.2, -0.15) is 12.6 Å². The SMILES string of the molecule is CC=C(NC(C)=O)C(=O)NC(C(=O)OC(C=CCCS)CC(=O)CC)C(C)C. The van der Waals surface area contributed by atoms with Crippen LogP contribution in [0.3, 0.4) is 0 Å². The molecule has 0 aliphatic carbocycles. The predicted molar refractivity (Wildman–Crippen MR) is 112 cm³/mol. The van der Waals surface area contributed by atoms with E-state index >= 15 is 0 Å². The summed E-state index contributed by atoms with van der Waals surface area (Å²) in [6.07, 6.45) is 5.35. The lowest BCUT2D eigenvalue weighted by Gasteiger charge is -2.24. The molecule has 0 rings (SSSR count). The fourth-order valence-electron chi connectivity index (χ4n) is 2.23. The Labute approximate surface area is 172 Å². The first-order chi connectivity index (χ1) is 13.2. The van der Waals surface area contributed by atoms with Crippen LogP contribution in [0.5, 0.6) is 0 Å². The van der Waals surface area contributed by atoms with E-state index in [2.05, 4.69) is 23.3 Å². The van der Waals surface area contributed by atoms with Gasteiger partial charge in [0.25, 0.3) is 5.91 Å². The predicted octanol–water partition coefficient (Wildman–Crippen LogP) is 2.32. The van der Waals surface area contributed by atoms with Crippen molar-refractivity contribution in [2.24, 2.45) is 5.92 Å². The topological polar surface area (TPSA) is 102 Å². The van der Waals surface area contributed by atoms with Crippen molar-refractivity contribution >= 4 is 36.2 Å². The smallest absolute Gasteiger partial charge is 0.329 e. The molecule has 2 N–H and O–H groups in total. The molecule has 0 aliphatic heterocycles. The maximum atomic E-state index is 12.7. The number of allylic oxidation sites excluding steroid dienone is 2. The van der Waals surface area contributed by atoms with Crippen LogP contribution in [0.25, 0.3) is 0 Å². The molecule has 0 aliphatic rings. The number of nitrogens with one attached hydrogen (secondary N) is 2. The van der Waals surface area contributed by atoms with Gasteiger partial charge in [0, 0.05) is 19.8 Å². The van der Waals surface area contributed by atoms with Crippen LogP contribution in [-0.2, 0) is 23.9 Å². The van der Waals surface area contributed by atoms with E-state index in [1.54, 1.807) is 33.8 Å². The van der Waals surface area contributed by atoms with E-state index in [0.29, 0.717) is 18.6 Å². The Hall–Kier alpha value is -2.09. The second-order valence-corrected chi connectivity index (χ2v) is 7.04. The summed E-state index contributed by atoms with van der Waals surface area (Å²) in [5, 5.41) is 5.01. The summed E-state index contributed by atoms with van der Waals surface area (Å²) < 4.78 is 5.50. The van der Waals surface area contributed by atoms with Crippen LogP contribution in [0.2, 0.25) is 0 Å². The summed E-state index contributed by atoms with van der Waals surface area (Å²) in [7, 11) is 0. The van der Waals surface area contributed by atoms with Crippen LogP contribution < -0.4 is 10.6 Å². The van der Waals surface area contributed by atoms with Crippen molar-refractivity contribution in [3.63, 3.8) is 0 Å². The minimum Gasteiger partial charge on any atom is -0.456 e. The van der Waals surface area contributed by atoms with Crippen LogP contribution in [0, 0.1) is 5.92 Å². The number of ketones is 1. The summed E-state index contributed by atoms with van der Waals surface area (Å²) in [6.45, 7) is 8.17. The van der Waals surface area contributed by atoms with Crippen molar-refractivity contribution < 1.29 is 23.9 Å². The van der Waals surface area contributed by atoms with Gasteiger partial charge in [-0.25, -0.2) is 4.79 Å². The Morgan fingerprint density at radius 3 is 2.29 bits per heavy atom. The summed E-state index contributed by atoms with van der Waals surface area (Å²) in [5.74, 6) is -1.25. The molecule has 0 heterocycles. The Bertz CT molecular complexity index is 614. The van der Waals surface area contributed by atoms with E-state index in [4.69, 9.17) is 4.74 Å². The number of amides is 2. The number of hydrogen-bond donors (Lipinski definition) is 3. The van der Waals surface area contributed by atoms with E-state index in [9.17, 15) is 19.2 Å². The van der Waals surface area contributed by atoms with E-state index in [1.165, 1.54) is 13.0 Å². The number of carbonyl (C=O) groups is 4. The highest BCUT2D eigenvalue weighted by atomic mass is 32.1. The van der Waals surface area contributed by atoms with Crippen LogP contribution in [-0.4, -0.2) is 41.5 Å². The van der Waals surface area contributed by atoms with Crippen molar-refractivity contribution in [1.82, 2.24) is 10.6 Å². The molecule has 2 atom stereocenters. The standard InChI is InChI=1S/C20H32N2O5S/c1-6-15(24)12-16(10-8-9-11-28)27-20(26)18(13(3)4)22-19(25)17(7-2)21-14(5)23/h7-8,10,13,16,18,28H,6,9,11-12H2,1-5H3,(H,21,23)(H,22,25). The van der Waals surface area contributed by atoms with Gasteiger partial charge in [0.05, 0.1) is 0 Å². The van der Waals surface area contributed by atoms with Crippen molar-refractivity contribution in [3.8, 4) is 0 Å². The largest absolute Gasteiger partial charge is 0.456 e. The molecule has 0 saturated carbocycles. The van der Waals surface area contributed by atoms with Gasteiger partial charge in [0.15, 0.2) is 0 Å². The highest BCUT2D eigenvalue weighted by Gasteiger charge is 2.29. The minimum absolute atomic E-state index is 0.0275. The highest BCUT2D eigenvalue weighted by Crippen LogP contribution is 2.11. The quantitative estimate of drug-likeness (QED) is 0.198. The Balaban J connectivity index is 5.26. The van der Waals surface area contributed by atoms with Gasteiger partial charge in [-0.3, -0.25) is 14.4 Å². The van der Waals surface area contributed by atoms with Crippen LogP contribution in [0.4, 0.5) is 0 Å². The van der Waals surface area contributed by atoms with E-state index in [-0.39, 0.29) is 29.7 Å². The third kappa shape index (κ3) is 10.3. The molecule has 2 unspecified atom stereocenters. The number of thiol groups is 1. The number of rotatable bonds is 12. The van der Waals surface area contributed by atoms with Crippen molar-refractivity contribution in [2.45, 2.75) is 66.0 Å². The van der Waals surface area contributed by atoms with Gasteiger partial charge in [-0.05, 0) is 31.1 Å². The van der Waals surface area contributed by atoms with E-state index in [1.807, 2.05) is 6.08 Å². The van der Waals surface area contributed by atoms with Crippen molar-refractivity contribution in [2.75, 3.05) is 5.75 Å². The monoisotopic (exact) mass is 412 g/mol. The number of hydrogen-bond acceptors (Lipinski definition) is 6. The van der Waals surface area contributed by atoms with Gasteiger partial charge in [-0.1, -0.05) is 32.9 Å². The first kappa shape index (κ1) is 25.9. The number of Topliss-reactive ketones (excluding diaryl/α,β-unsaturated/α-hetero) is 1. The molecule has 0 saturated heterocycles. The summed E-state index contributed by atoms with van der Waals surface area (Å²) >= 11 is 4.12. The Morgan fingerprint density at radius 2 is 1.82 bits per heavy atom. The number of carbonyl (C=O) groups excluding carboxylic acids is 4. The fraction of sp³-hybridized carbons (Fsp3) is 0.600. The van der Waals surface area contributed by atoms with Crippen LogP contribution >= 0.6 is 12.6 Å². The summed E-state index contributed by atoms with van der Waals surface area (Å²) in [6, 6.07) is -0.922. The molecular formula is C20H32N2O5S. The van der Waals surface area contributed by atoms with Crippen molar-refractivity contribution in [1.29, 1.82) is 0 Å². The lowest BCUT2D eigenvalue weighted by molar-refractivity contribution is -0.152. The number of esters is 1. The first-order valence-electron chi connectivity index (χ1n) is 9.40. The molecule has 0 aromatic carbocycles. The molecule has 0 aromatic rings. The Kier molecular flexibility index (Phi) is 12.9. The zero-order valence-electron chi connectivity index (χ0n) is 17.3. The molecule has 0 bridgehead atoms. The lowest BCUT2D eigenvalue weighted by Crippen LogP contribution is -2.48. The average molecular weight is 413 g/mol. The van der Waals surface area contributed by atoms with Gasteiger partial charge in [0.2, 0.25) is 5.91 Å². The fourth-order valence-corrected chi connectivity index (χ4v) is 2.38. The molecule has 8 heteroatoms. The lowest BCUT2D eigenvalue weighted by atomic mass is 10.0. The number of ether oxygens (including phenoxy) is 1. The molecule has 2 amide bonds. The van der Waals surface area contributed by atoms with Gasteiger partial charge >= 0.3 is 5.97 Å². The van der Waals surface area contributed by atoms with E-state index in [0.717, 1.165) is 0 Å². The minimum atomic E-state index is -0.922. The summed E-state index contributed by atoms with van der Waals surface area (Å²) in [5.41, 5.74) is 0.0531. The van der Waals surface area contributed by atoms with E-state index < -0.39 is 24.0 Å². The molecule has 0 radical (unpaired) electrons. The molecule has 28 heavy (non-hydrogen) atoms. The maximum absolute atomic E-state index is 12.7. The average Bonchev–Trinajstić information content (AvgIpc) is 2.63. The molecule has 0 fully saturated rings. The zero-order chi connectivity index (χ0) is 21.7. The van der Waals surface area contributed by atoms with Gasteiger partial charge < -0.3 is 15.4 Å². The molecular weight excluding hydrogens is 380 g/mol. The molecule has 0 spiro atoms. The van der Waals surface area contributed by atoms with Crippen LogP contribution in [0.15, 0.2) is 23.9 Å². The maximum Gasteiger partial charge on any atom is 0.329 e. The van der Waals surface area contributed by atoms with Gasteiger partial charge in [-0.15, -0.1) is 0 Å². The van der Waals surface area contributed by atoms with Gasteiger partial charge in [0.1, 0.15) is 23.6 Å². The summed E-state index contributed by atoms with van der Waals surface area (Å²) in [4.78, 5) is 48.0. The Morgan fingerprint density at radius 1 is 1.18 bits per heavy atom. The highest BCUT2D eigenvalue weighted by molar-refractivity contribution is 7.80. The van der Waals surface area contributed by atoms with Crippen LogP contribution in [0.1, 0.15) is 53.9 Å². The third-order valence-electron chi connectivity index (χ3n) is 3.79. The second kappa shape index (κ2) is 14.0. The second-order valence-electron chi connectivity index (χ2n) is 6.59. The third-order valence-corrected chi connectivity index (χ3v) is 4.05. The molecule has 7 nitrogen and oxygen atoms in total. The first-order valence-corrected chi connectivity index (χ1v) is 10.0. The molecule has 158 valence electrons.